The molecule has 3 aromatic carbocycles. The number of hydrogen-bond acceptors (Lipinski definition) is 4. The molecule has 170 valence electrons. The SMILES string of the molecule is C=C1CCC(N2C(=O)c3ccc(CCC(=O)Cc4cccc5ccccc45)cc3C2=O)C(=O)N1. The normalized spacial score (nSPS) is 17.8. The maximum atomic E-state index is 13.0. The zero-order valence-electron chi connectivity index (χ0n) is 18.7. The van der Waals surface area contributed by atoms with Gasteiger partial charge in [-0.2, -0.15) is 0 Å². The molecule has 0 spiro atoms. The number of carbonyl (C=O) groups is 4. The van der Waals surface area contributed by atoms with Crippen LogP contribution in [0.2, 0.25) is 0 Å². The third-order valence-electron chi connectivity index (χ3n) is 6.58. The second-order valence-corrected chi connectivity index (χ2v) is 8.86. The van der Waals surface area contributed by atoms with Crippen molar-refractivity contribution < 1.29 is 19.2 Å². The molecule has 5 rings (SSSR count). The van der Waals surface area contributed by atoms with Gasteiger partial charge in [-0.3, -0.25) is 24.1 Å². The highest BCUT2D eigenvalue weighted by Crippen LogP contribution is 2.29. The second-order valence-electron chi connectivity index (χ2n) is 8.86. The van der Waals surface area contributed by atoms with Crippen LogP contribution < -0.4 is 5.32 Å². The number of allylic oxidation sites excluding steroid dienone is 1. The molecule has 0 aliphatic carbocycles. The van der Waals surface area contributed by atoms with Gasteiger partial charge in [0.15, 0.2) is 0 Å². The van der Waals surface area contributed by atoms with Crippen molar-refractivity contribution in [3.8, 4) is 0 Å². The fourth-order valence-corrected chi connectivity index (χ4v) is 4.78. The number of amides is 3. The number of Topliss-reactive ketones (excluding diaryl/α,β-unsaturated/α-hetero) is 1. The van der Waals surface area contributed by atoms with Gasteiger partial charge in [-0.05, 0) is 53.3 Å². The first kappa shape index (κ1) is 21.8. The highest BCUT2D eigenvalue weighted by atomic mass is 16.2. The summed E-state index contributed by atoms with van der Waals surface area (Å²) in [5.41, 5.74) is 3.00. The molecule has 3 aromatic rings. The minimum atomic E-state index is -0.830. The lowest BCUT2D eigenvalue weighted by molar-refractivity contribution is -0.125. The van der Waals surface area contributed by atoms with Gasteiger partial charge < -0.3 is 5.32 Å². The van der Waals surface area contributed by atoms with Crippen LogP contribution in [0.3, 0.4) is 0 Å². The molecule has 34 heavy (non-hydrogen) atoms. The predicted molar refractivity (Wildman–Crippen MR) is 128 cm³/mol. The molecule has 1 N–H and O–H groups in total. The first-order chi connectivity index (χ1) is 16.4. The number of carbonyl (C=O) groups excluding carboxylic acids is 4. The number of fused-ring (bicyclic) bond motifs is 2. The fraction of sp³-hybridized carbons (Fsp3) is 0.214. The van der Waals surface area contributed by atoms with Crippen LogP contribution in [0.5, 0.6) is 0 Å². The summed E-state index contributed by atoms with van der Waals surface area (Å²) in [7, 11) is 0. The highest BCUT2D eigenvalue weighted by molar-refractivity contribution is 6.23. The summed E-state index contributed by atoms with van der Waals surface area (Å²) in [6, 6.07) is 18.2. The van der Waals surface area contributed by atoms with Gasteiger partial charge in [0, 0.05) is 18.5 Å². The lowest BCUT2D eigenvalue weighted by Gasteiger charge is -2.29. The van der Waals surface area contributed by atoms with E-state index in [0.29, 0.717) is 48.9 Å². The largest absolute Gasteiger partial charge is 0.329 e. The van der Waals surface area contributed by atoms with Gasteiger partial charge in [-0.1, -0.05) is 55.1 Å². The Balaban J connectivity index is 1.28. The van der Waals surface area contributed by atoms with Crippen molar-refractivity contribution in [3.05, 3.63) is 95.2 Å². The summed E-state index contributed by atoms with van der Waals surface area (Å²) in [5.74, 6) is -1.19. The van der Waals surface area contributed by atoms with Crippen molar-refractivity contribution in [1.82, 2.24) is 10.2 Å². The van der Waals surface area contributed by atoms with E-state index in [-0.39, 0.29) is 11.7 Å². The summed E-state index contributed by atoms with van der Waals surface area (Å²) in [6.45, 7) is 3.74. The van der Waals surface area contributed by atoms with Crippen molar-refractivity contribution in [3.63, 3.8) is 0 Å². The molecule has 2 heterocycles. The van der Waals surface area contributed by atoms with Gasteiger partial charge >= 0.3 is 0 Å². The van der Waals surface area contributed by atoms with E-state index >= 15 is 0 Å². The minimum absolute atomic E-state index is 0.111. The molecule has 1 unspecified atom stereocenters. The summed E-state index contributed by atoms with van der Waals surface area (Å²) in [6.07, 6.45) is 2.04. The Hall–Kier alpha value is -4.06. The van der Waals surface area contributed by atoms with E-state index in [0.717, 1.165) is 26.8 Å². The van der Waals surface area contributed by atoms with Crippen LogP contribution in [0.4, 0.5) is 0 Å². The number of piperidine rings is 1. The van der Waals surface area contributed by atoms with Gasteiger partial charge in [-0.15, -0.1) is 0 Å². The molecule has 0 aromatic heterocycles. The Morgan fingerprint density at radius 1 is 0.971 bits per heavy atom. The third kappa shape index (κ3) is 3.92. The number of aryl methyl sites for hydroxylation is 1. The number of hydrogen-bond donors (Lipinski definition) is 1. The van der Waals surface area contributed by atoms with Crippen LogP contribution in [0.15, 0.2) is 72.9 Å². The molecular weight excluding hydrogens is 428 g/mol. The zero-order valence-corrected chi connectivity index (χ0v) is 18.7. The van der Waals surface area contributed by atoms with E-state index in [9.17, 15) is 19.2 Å². The number of rotatable bonds is 6. The van der Waals surface area contributed by atoms with Crippen molar-refractivity contribution in [2.45, 2.75) is 38.1 Å². The van der Waals surface area contributed by atoms with Gasteiger partial charge in [0.05, 0.1) is 11.1 Å². The minimum Gasteiger partial charge on any atom is -0.329 e. The Morgan fingerprint density at radius 3 is 2.56 bits per heavy atom. The third-order valence-corrected chi connectivity index (χ3v) is 6.58. The van der Waals surface area contributed by atoms with Gasteiger partial charge in [0.2, 0.25) is 5.91 Å². The second kappa shape index (κ2) is 8.71. The first-order valence-electron chi connectivity index (χ1n) is 11.4. The Labute approximate surface area is 197 Å². The number of benzene rings is 3. The maximum Gasteiger partial charge on any atom is 0.262 e. The average Bonchev–Trinajstić information content (AvgIpc) is 3.07. The molecule has 0 bridgehead atoms. The quantitative estimate of drug-likeness (QED) is 0.574. The van der Waals surface area contributed by atoms with E-state index < -0.39 is 17.9 Å². The van der Waals surface area contributed by atoms with Crippen molar-refractivity contribution in [1.29, 1.82) is 0 Å². The molecular formula is C28H24N2O4. The topological polar surface area (TPSA) is 83.6 Å². The van der Waals surface area contributed by atoms with Crippen LogP contribution in [0.1, 0.15) is 51.1 Å². The molecule has 1 saturated heterocycles. The van der Waals surface area contributed by atoms with Crippen molar-refractivity contribution in [2.24, 2.45) is 0 Å². The standard InChI is InChI=1S/C28H24N2O4/c1-17-9-14-25(26(32)29-17)30-27(33)23-13-11-18(15-24(23)28(30)34)10-12-21(31)16-20-7-4-6-19-5-2-3-8-22(19)20/h2-8,11,13,15,25H,1,9-10,12,14,16H2,(H,29,32). The number of ketones is 1. The van der Waals surface area contributed by atoms with E-state index in [4.69, 9.17) is 0 Å². The highest BCUT2D eigenvalue weighted by Gasteiger charge is 2.43. The smallest absolute Gasteiger partial charge is 0.262 e. The van der Waals surface area contributed by atoms with Crippen LogP contribution in [-0.4, -0.2) is 34.4 Å². The van der Waals surface area contributed by atoms with Crippen LogP contribution >= 0.6 is 0 Å². The molecule has 1 fully saturated rings. The monoisotopic (exact) mass is 452 g/mol. The molecule has 6 nitrogen and oxygen atoms in total. The Morgan fingerprint density at radius 2 is 1.74 bits per heavy atom. The Kier molecular flexibility index (Phi) is 5.57. The predicted octanol–water partition coefficient (Wildman–Crippen LogP) is 3.97. The van der Waals surface area contributed by atoms with Crippen LogP contribution in [0.25, 0.3) is 10.8 Å². The maximum absolute atomic E-state index is 13.0. The fourth-order valence-electron chi connectivity index (χ4n) is 4.78. The van der Waals surface area contributed by atoms with Crippen LogP contribution in [-0.2, 0) is 22.4 Å². The molecule has 2 aliphatic rings. The number of nitrogens with one attached hydrogen (secondary N) is 1. The van der Waals surface area contributed by atoms with E-state index in [1.54, 1.807) is 18.2 Å². The average molecular weight is 453 g/mol. The first-order valence-corrected chi connectivity index (χ1v) is 11.4. The molecule has 0 saturated carbocycles. The van der Waals surface area contributed by atoms with Gasteiger partial charge in [-0.25, -0.2) is 0 Å². The molecule has 2 aliphatic heterocycles. The van der Waals surface area contributed by atoms with Crippen LogP contribution in [0, 0.1) is 0 Å². The lowest BCUT2D eigenvalue weighted by atomic mass is 9.97. The molecule has 0 radical (unpaired) electrons. The molecule has 3 amide bonds. The lowest BCUT2D eigenvalue weighted by Crippen LogP contribution is -2.51. The Bertz CT molecular complexity index is 1370. The summed E-state index contributed by atoms with van der Waals surface area (Å²) >= 11 is 0. The van der Waals surface area contributed by atoms with Crippen molar-refractivity contribution in [2.75, 3.05) is 0 Å². The molecule has 6 heteroatoms. The number of nitrogens with zero attached hydrogens (tertiary/aromatic N) is 1. The summed E-state index contributed by atoms with van der Waals surface area (Å²) in [5, 5.41) is 4.82. The van der Waals surface area contributed by atoms with E-state index in [2.05, 4.69) is 11.9 Å². The van der Waals surface area contributed by atoms with Crippen molar-refractivity contribution >= 4 is 34.3 Å². The van der Waals surface area contributed by atoms with Gasteiger partial charge in [0.25, 0.3) is 11.8 Å². The molecule has 1 atom stereocenters. The summed E-state index contributed by atoms with van der Waals surface area (Å²) < 4.78 is 0. The van der Waals surface area contributed by atoms with E-state index in [1.807, 2.05) is 42.5 Å². The number of imide groups is 1. The van der Waals surface area contributed by atoms with Gasteiger partial charge in [0.1, 0.15) is 11.8 Å². The zero-order chi connectivity index (χ0) is 23.8. The summed E-state index contributed by atoms with van der Waals surface area (Å²) in [4.78, 5) is 52.0. The van der Waals surface area contributed by atoms with E-state index in [1.165, 1.54) is 0 Å².